The number of likely N-dealkylation sites (tertiary alicyclic amines) is 1. The second kappa shape index (κ2) is 4.27. The van der Waals surface area contributed by atoms with Gasteiger partial charge in [-0.2, -0.15) is 0 Å². The second-order valence-corrected chi connectivity index (χ2v) is 6.47. The number of fused-ring (bicyclic) bond motifs is 2. The molecule has 4 unspecified atom stereocenters. The van der Waals surface area contributed by atoms with E-state index in [1.807, 2.05) is 0 Å². The SMILES string of the molecule is CC(C)C1CCN(C(=O)C2CC3CCC2N3)C1. The summed E-state index contributed by atoms with van der Waals surface area (Å²) in [7, 11) is 0. The Bertz CT molecular complexity index is 315. The number of carbonyl (C=O) groups is 1. The highest BCUT2D eigenvalue weighted by atomic mass is 16.2. The van der Waals surface area contributed by atoms with Crippen molar-refractivity contribution in [2.75, 3.05) is 13.1 Å². The van der Waals surface area contributed by atoms with Crippen LogP contribution < -0.4 is 5.32 Å². The minimum atomic E-state index is 0.291. The number of amides is 1. The van der Waals surface area contributed by atoms with E-state index in [1.54, 1.807) is 0 Å². The molecule has 0 spiro atoms. The zero-order valence-electron chi connectivity index (χ0n) is 11.0. The summed E-state index contributed by atoms with van der Waals surface area (Å²) < 4.78 is 0. The molecule has 17 heavy (non-hydrogen) atoms. The lowest BCUT2D eigenvalue weighted by Gasteiger charge is -2.26. The summed E-state index contributed by atoms with van der Waals surface area (Å²) in [6.07, 6.45) is 4.79. The highest BCUT2D eigenvalue weighted by Gasteiger charge is 2.45. The molecule has 3 nitrogen and oxygen atoms in total. The first-order valence-corrected chi connectivity index (χ1v) is 7.20. The van der Waals surface area contributed by atoms with Gasteiger partial charge < -0.3 is 10.2 Å². The third kappa shape index (κ3) is 1.99. The van der Waals surface area contributed by atoms with Gasteiger partial charge >= 0.3 is 0 Å². The van der Waals surface area contributed by atoms with Gasteiger partial charge in [0.15, 0.2) is 0 Å². The summed E-state index contributed by atoms with van der Waals surface area (Å²) >= 11 is 0. The predicted molar refractivity (Wildman–Crippen MR) is 67.6 cm³/mol. The zero-order chi connectivity index (χ0) is 12.0. The van der Waals surface area contributed by atoms with E-state index >= 15 is 0 Å². The van der Waals surface area contributed by atoms with Gasteiger partial charge in [-0.1, -0.05) is 13.8 Å². The first kappa shape index (κ1) is 11.5. The largest absolute Gasteiger partial charge is 0.342 e. The molecule has 3 heterocycles. The van der Waals surface area contributed by atoms with Gasteiger partial charge in [0, 0.05) is 25.2 Å². The fourth-order valence-corrected chi connectivity index (χ4v) is 3.86. The van der Waals surface area contributed by atoms with Crippen LogP contribution in [0.3, 0.4) is 0 Å². The molecule has 0 aromatic carbocycles. The maximum atomic E-state index is 12.5. The summed E-state index contributed by atoms with van der Waals surface area (Å²) in [4.78, 5) is 14.6. The molecule has 3 aliphatic rings. The smallest absolute Gasteiger partial charge is 0.227 e. The van der Waals surface area contributed by atoms with E-state index in [2.05, 4.69) is 24.1 Å². The zero-order valence-corrected chi connectivity index (χ0v) is 11.0. The van der Waals surface area contributed by atoms with Crippen molar-refractivity contribution in [1.82, 2.24) is 10.2 Å². The Kier molecular flexibility index (Phi) is 2.89. The van der Waals surface area contributed by atoms with Gasteiger partial charge in [0.1, 0.15) is 0 Å². The lowest BCUT2D eigenvalue weighted by molar-refractivity contribution is -0.135. The van der Waals surface area contributed by atoms with Crippen LogP contribution in [0, 0.1) is 17.8 Å². The third-order valence-electron chi connectivity index (χ3n) is 5.10. The lowest BCUT2D eigenvalue weighted by Crippen LogP contribution is -2.40. The molecule has 0 aliphatic carbocycles. The molecule has 2 bridgehead atoms. The molecule has 1 amide bonds. The Balaban J connectivity index is 1.60. The van der Waals surface area contributed by atoms with Crippen LogP contribution in [0.4, 0.5) is 0 Å². The van der Waals surface area contributed by atoms with E-state index in [0.29, 0.717) is 29.8 Å². The summed E-state index contributed by atoms with van der Waals surface area (Å²) in [6.45, 7) is 6.55. The highest BCUT2D eigenvalue weighted by molar-refractivity contribution is 5.80. The van der Waals surface area contributed by atoms with Crippen LogP contribution in [0.5, 0.6) is 0 Å². The Hall–Kier alpha value is -0.570. The van der Waals surface area contributed by atoms with Crippen LogP contribution in [-0.4, -0.2) is 36.0 Å². The van der Waals surface area contributed by atoms with Gasteiger partial charge in [-0.3, -0.25) is 4.79 Å². The maximum absolute atomic E-state index is 12.5. The first-order valence-electron chi connectivity index (χ1n) is 7.20. The van der Waals surface area contributed by atoms with Gasteiger partial charge in [-0.15, -0.1) is 0 Å². The Morgan fingerprint density at radius 1 is 1.29 bits per heavy atom. The van der Waals surface area contributed by atoms with Crippen molar-refractivity contribution >= 4 is 5.91 Å². The Labute approximate surface area is 104 Å². The van der Waals surface area contributed by atoms with E-state index in [9.17, 15) is 4.79 Å². The van der Waals surface area contributed by atoms with E-state index in [-0.39, 0.29) is 0 Å². The van der Waals surface area contributed by atoms with E-state index in [0.717, 1.165) is 25.4 Å². The fourth-order valence-electron chi connectivity index (χ4n) is 3.86. The Morgan fingerprint density at radius 3 is 2.65 bits per heavy atom. The average molecular weight is 236 g/mol. The van der Waals surface area contributed by atoms with Crippen LogP contribution in [0.25, 0.3) is 0 Å². The average Bonchev–Trinajstić information content (AvgIpc) is 3.03. The van der Waals surface area contributed by atoms with Crippen LogP contribution in [0.1, 0.15) is 39.5 Å². The lowest BCUT2D eigenvalue weighted by atomic mass is 9.88. The van der Waals surface area contributed by atoms with Gasteiger partial charge in [-0.25, -0.2) is 0 Å². The third-order valence-corrected chi connectivity index (χ3v) is 5.10. The minimum absolute atomic E-state index is 0.291. The predicted octanol–water partition coefficient (Wildman–Crippen LogP) is 1.63. The van der Waals surface area contributed by atoms with Gasteiger partial charge in [0.05, 0.1) is 5.92 Å². The van der Waals surface area contributed by atoms with Crippen molar-refractivity contribution in [3.63, 3.8) is 0 Å². The number of rotatable bonds is 2. The van der Waals surface area contributed by atoms with Crippen molar-refractivity contribution in [1.29, 1.82) is 0 Å². The number of hydrogen-bond acceptors (Lipinski definition) is 2. The van der Waals surface area contributed by atoms with Crippen molar-refractivity contribution in [2.45, 2.75) is 51.6 Å². The van der Waals surface area contributed by atoms with Crippen molar-refractivity contribution < 1.29 is 4.79 Å². The monoisotopic (exact) mass is 236 g/mol. The molecular weight excluding hydrogens is 212 g/mol. The number of nitrogens with one attached hydrogen (secondary N) is 1. The van der Waals surface area contributed by atoms with Crippen LogP contribution in [0.15, 0.2) is 0 Å². The van der Waals surface area contributed by atoms with E-state index in [1.165, 1.54) is 19.3 Å². The first-order chi connectivity index (χ1) is 8.15. The Morgan fingerprint density at radius 2 is 2.12 bits per heavy atom. The molecule has 1 N–H and O–H groups in total. The van der Waals surface area contributed by atoms with Gasteiger partial charge in [-0.05, 0) is 37.5 Å². The highest BCUT2D eigenvalue weighted by Crippen LogP contribution is 2.35. The number of hydrogen-bond donors (Lipinski definition) is 1. The van der Waals surface area contributed by atoms with Gasteiger partial charge in [0.2, 0.25) is 5.91 Å². The topological polar surface area (TPSA) is 32.3 Å². The molecular formula is C14H24N2O. The van der Waals surface area contributed by atoms with Gasteiger partial charge in [0.25, 0.3) is 0 Å². The summed E-state index contributed by atoms with van der Waals surface area (Å²) in [5.41, 5.74) is 0. The standard InChI is InChI=1S/C14H24N2O/c1-9(2)10-5-6-16(8-10)14(17)12-7-11-3-4-13(12)15-11/h9-13,15H,3-8H2,1-2H3. The molecule has 96 valence electrons. The normalized spacial score (nSPS) is 40.5. The molecule has 3 saturated heterocycles. The molecule has 3 aliphatic heterocycles. The minimum Gasteiger partial charge on any atom is -0.342 e. The molecule has 3 rings (SSSR count). The van der Waals surface area contributed by atoms with Crippen molar-refractivity contribution in [2.24, 2.45) is 17.8 Å². The summed E-state index contributed by atoms with van der Waals surface area (Å²) in [6, 6.07) is 1.13. The number of carbonyl (C=O) groups excluding carboxylic acids is 1. The van der Waals surface area contributed by atoms with Crippen molar-refractivity contribution in [3.05, 3.63) is 0 Å². The van der Waals surface area contributed by atoms with Crippen LogP contribution in [-0.2, 0) is 4.79 Å². The molecule has 3 fully saturated rings. The molecule has 0 saturated carbocycles. The molecule has 0 aromatic heterocycles. The molecule has 4 atom stereocenters. The van der Waals surface area contributed by atoms with Crippen LogP contribution >= 0.6 is 0 Å². The number of nitrogens with zero attached hydrogens (tertiary/aromatic N) is 1. The maximum Gasteiger partial charge on any atom is 0.227 e. The molecule has 0 aromatic rings. The van der Waals surface area contributed by atoms with E-state index in [4.69, 9.17) is 0 Å². The van der Waals surface area contributed by atoms with Crippen molar-refractivity contribution in [3.8, 4) is 0 Å². The molecule has 0 radical (unpaired) electrons. The van der Waals surface area contributed by atoms with E-state index < -0.39 is 0 Å². The van der Waals surface area contributed by atoms with Crippen LogP contribution in [0.2, 0.25) is 0 Å². The summed E-state index contributed by atoms with van der Waals surface area (Å²) in [5, 5.41) is 3.57. The fraction of sp³-hybridized carbons (Fsp3) is 0.929. The molecule has 3 heteroatoms. The quantitative estimate of drug-likeness (QED) is 0.790. The summed E-state index contributed by atoms with van der Waals surface area (Å²) in [5.74, 6) is 2.17. The second-order valence-electron chi connectivity index (χ2n) is 6.47.